The molecule has 2 aromatic rings. The zero-order valence-corrected chi connectivity index (χ0v) is 20.4. The van der Waals surface area contributed by atoms with Gasteiger partial charge in [0.05, 0.1) is 12.2 Å². The van der Waals surface area contributed by atoms with Crippen molar-refractivity contribution in [3.63, 3.8) is 0 Å². The maximum absolute atomic E-state index is 14.2. The SMILES string of the molecule is Cc1cccc(C(=O)N2[C@H](C(=O)NCC(C)C)COC23CCN(C(=O)c2ccccc2F)CC3)c1. The van der Waals surface area contributed by atoms with Gasteiger partial charge >= 0.3 is 0 Å². The molecule has 3 amide bonds. The first-order valence-electron chi connectivity index (χ1n) is 12.1. The molecule has 0 radical (unpaired) electrons. The summed E-state index contributed by atoms with van der Waals surface area (Å²) < 4.78 is 20.4. The number of ether oxygens (including phenoxy) is 1. The Bertz CT molecular complexity index is 1110. The highest BCUT2D eigenvalue weighted by Gasteiger charge is 2.54. The highest BCUT2D eigenvalue weighted by atomic mass is 19.1. The monoisotopic (exact) mass is 481 g/mol. The second kappa shape index (κ2) is 10.2. The van der Waals surface area contributed by atoms with Crippen LogP contribution in [0.1, 0.15) is 53.0 Å². The first-order valence-corrected chi connectivity index (χ1v) is 12.1. The van der Waals surface area contributed by atoms with Crippen molar-refractivity contribution in [3.8, 4) is 0 Å². The fraction of sp³-hybridized carbons (Fsp3) is 0.444. The van der Waals surface area contributed by atoms with Gasteiger partial charge in [-0.25, -0.2) is 4.39 Å². The van der Waals surface area contributed by atoms with E-state index in [2.05, 4.69) is 5.32 Å². The fourth-order valence-electron chi connectivity index (χ4n) is 4.77. The summed E-state index contributed by atoms with van der Waals surface area (Å²) in [6, 6.07) is 12.4. The van der Waals surface area contributed by atoms with Gasteiger partial charge in [0.1, 0.15) is 17.6 Å². The molecule has 4 rings (SSSR count). The predicted molar refractivity (Wildman–Crippen MR) is 129 cm³/mol. The molecule has 2 heterocycles. The van der Waals surface area contributed by atoms with Crippen molar-refractivity contribution in [2.24, 2.45) is 5.92 Å². The summed E-state index contributed by atoms with van der Waals surface area (Å²) in [4.78, 5) is 42.9. The van der Waals surface area contributed by atoms with E-state index < -0.39 is 23.5 Å². The average molecular weight is 482 g/mol. The van der Waals surface area contributed by atoms with Crippen molar-refractivity contribution >= 4 is 17.7 Å². The second-order valence-corrected chi connectivity index (χ2v) is 9.73. The Morgan fingerprint density at radius 1 is 1.09 bits per heavy atom. The number of hydrogen-bond donors (Lipinski definition) is 1. The van der Waals surface area contributed by atoms with E-state index in [1.165, 1.54) is 12.1 Å². The number of likely N-dealkylation sites (tertiary alicyclic amines) is 1. The van der Waals surface area contributed by atoms with E-state index >= 15 is 0 Å². The number of benzene rings is 2. The van der Waals surface area contributed by atoms with Crippen molar-refractivity contribution in [1.29, 1.82) is 0 Å². The highest BCUT2D eigenvalue weighted by molar-refractivity contribution is 5.99. The van der Waals surface area contributed by atoms with Crippen LogP contribution >= 0.6 is 0 Å². The van der Waals surface area contributed by atoms with Gasteiger partial charge in [-0.3, -0.25) is 19.3 Å². The molecule has 0 aromatic heterocycles. The minimum atomic E-state index is -1.01. The number of aryl methyl sites for hydroxylation is 1. The summed E-state index contributed by atoms with van der Waals surface area (Å²) >= 11 is 0. The summed E-state index contributed by atoms with van der Waals surface area (Å²) in [5.41, 5.74) is 0.444. The lowest BCUT2D eigenvalue weighted by molar-refractivity contribution is -0.128. The summed E-state index contributed by atoms with van der Waals surface area (Å²) in [6.07, 6.45) is 0.664. The van der Waals surface area contributed by atoms with Gasteiger partial charge < -0.3 is 15.0 Å². The van der Waals surface area contributed by atoms with Gasteiger partial charge in [-0.2, -0.15) is 0 Å². The minimum Gasteiger partial charge on any atom is -0.354 e. The van der Waals surface area contributed by atoms with Crippen molar-refractivity contribution in [2.45, 2.75) is 45.4 Å². The lowest BCUT2D eigenvalue weighted by atomic mass is 9.95. The Labute approximate surface area is 205 Å². The number of piperidine rings is 1. The molecular weight excluding hydrogens is 449 g/mol. The molecular formula is C27H32FN3O4. The van der Waals surface area contributed by atoms with Crippen molar-refractivity contribution < 1.29 is 23.5 Å². The van der Waals surface area contributed by atoms with Gasteiger partial charge in [0, 0.05) is 38.0 Å². The van der Waals surface area contributed by atoms with Crippen LogP contribution in [0.3, 0.4) is 0 Å². The number of nitrogens with one attached hydrogen (secondary N) is 1. The topological polar surface area (TPSA) is 79.0 Å². The van der Waals surface area contributed by atoms with Gasteiger partial charge in [-0.1, -0.05) is 43.7 Å². The molecule has 0 bridgehead atoms. The summed E-state index contributed by atoms with van der Waals surface area (Å²) in [7, 11) is 0. The lowest BCUT2D eigenvalue weighted by Gasteiger charge is -2.44. The normalized spacial score (nSPS) is 19.3. The van der Waals surface area contributed by atoms with Crippen LogP contribution in [0.5, 0.6) is 0 Å². The first kappa shape index (κ1) is 24.9. The number of rotatable bonds is 5. The van der Waals surface area contributed by atoms with Gasteiger partial charge in [0.25, 0.3) is 11.8 Å². The fourth-order valence-corrected chi connectivity index (χ4v) is 4.77. The second-order valence-electron chi connectivity index (χ2n) is 9.73. The number of amides is 3. The van der Waals surface area contributed by atoms with Gasteiger partial charge in [-0.05, 0) is 37.1 Å². The molecule has 0 saturated carbocycles. The van der Waals surface area contributed by atoms with E-state index in [1.807, 2.05) is 32.9 Å². The van der Waals surface area contributed by atoms with Crippen molar-refractivity contribution in [1.82, 2.24) is 15.1 Å². The molecule has 0 aliphatic carbocycles. The van der Waals surface area contributed by atoms with Crippen LogP contribution < -0.4 is 5.32 Å². The zero-order valence-electron chi connectivity index (χ0n) is 20.4. The Hall–Kier alpha value is -3.26. The first-order chi connectivity index (χ1) is 16.7. The summed E-state index contributed by atoms with van der Waals surface area (Å²) in [6.45, 7) is 7.07. The van der Waals surface area contributed by atoms with E-state index in [9.17, 15) is 18.8 Å². The zero-order chi connectivity index (χ0) is 25.2. The van der Waals surface area contributed by atoms with Crippen LogP contribution in [0.4, 0.5) is 4.39 Å². The van der Waals surface area contributed by atoms with Gasteiger partial charge in [-0.15, -0.1) is 0 Å². The molecule has 2 fully saturated rings. The van der Waals surface area contributed by atoms with E-state index in [0.29, 0.717) is 24.9 Å². The van der Waals surface area contributed by atoms with Crippen LogP contribution in [-0.2, 0) is 9.53 Å². The van der Waals surface area contributed by atoms with Crippen LogP contribution in [0.25, 0.3) is 0 Å². The molecule has 2 aliphatic heterocycles. The molecule has 1 spiro atoms. The van der Waals surface area contributed by atoms with E-state index in [1.54, 1.807) is 34.1 Å². The largest absolute Gasteiger partial charge is 0.354 e. The number of nitrogens with zero attached hydrogens (tertiary/aromatic N) is 2. The molecule has 1 atom stereocenters. The number of hydrogen-bond acceptors (Lipinski definition) is 4. The maximum Gasteiger partial charge on any atom is 0.256 e. The Morgan fingerprint density at radius 2 is 1.80 bits per heavy atom. The van der Waals surface area contributed by atoms with Crippen molar-refractivity contribution in [2.75, 3.05) is 26.2 Å². The average Bonchev–Trinajstić information content (AvgIpc) is 3.21. The van der Waals surface area contributed by atoms with E-state index in [4.69, 9.17) is 4.74 Å². The summed E-state index contributed by atoms with van der Waals surface area (Å²) in [5, 5.41) is 2.93. The van der Waals surface area contributed by atoms with Crippen LogP contribution in [0.2, 0.25) is 0 Å². The van der Waals surface area contributed by atoms with Gasteiger partial charge in [0.2, 0.25) is 5.91 Å². The molecule has 8 heteroatoms. The number of halogens is 1. The van der Waals surface area contributed by atoms with E-state index in [0.717, 1.165) is 5.56 Å². The Kier molecular flexibility index (Phi) is 7.21. The van der Waals surface area contributed by atoms with Crippen LogP contribution in [-0.4, -0.2) is 65.5 Å². The Balaban J connectivity index is 1.58. The smallest absolute Gasteiger partial charge is 0.256 e. The molecule has 2 saturated heterocycles. The van der Waals surface area contributed by atoms with Crippen LogP contribution in [0.15, 0.2) is 48.5 Å². The lowest BCUT2D eigenvalue weighted by Crippen LogP contribution is -2.60. The Morgan fingerprint density at radius 3 is 2.46 bits per heavy atom. The molecule has 0 unspecified atom stereocenters. The third-order valence-corrected chi connectivity index (χ3v) is 6.67. The molecule has 35 heavy (non-hydrogen) atoms. The minimum absolute atomic E-state index is 0.0226. The predicted octanol–water partition coefficient (Wildman–Crippen LogP) is 3.38. The molecule has 7 nitrogen and oxygen atoms in total. The maximum atomic E-state index is 14.2. The third kappa shape index (κ3) is 5.07. The number of carbonyl (C=O) groups is 3. The summed E-state index contributed by atoms with van der Waals surface area (Å²) in [5.74, 6) is -1.21. The molecule has 186 valence electrons. The highest BCUT2D eigenvalue weighted by Crippen LogP contribution is 2.39. The molecule has 2 aliphatic rings. The van der Waals surface area contributed by atoms with Crippen LogP contribution in [0, 0.1) is 18.7 Å². The van der Waals surface area contributed by atoms with Crippen molar-refractivity contribution in [3.05, 3.63) is 71.0 Å². The molecule has 1 N–H and O–H groups in total. The third-order valence-electron chi connectivity index (χ3n) is 6.67. The standard InChI is InChI=1S/C27H32FN3O4/c1-18(2)16-29-24(32)23-17-35-27(31(23)25(33)20-8-6-7-19(3)15-20)11-13-30(14-12-27)26(34)21-9-4-5-10-22(21)28/h4-10,15,18,23H,11-14,16-17H2,1-3H3,(H,29,32)/t23-/m0/s1. The quantitative estimate of drug-likeness (QED) is 0.710. The van der Waals surface area contributed by atoms with Gasteiger partial charge in [0.15, 0.2) is 0 Å². The van der Waals surface area contributed by atoms with E-state index in [-0.39, 0.29) is 43.0 Å². The molecule has 2 aromatic carbocycles. The number of carbonyl (C=O) groups excluding carboxylic acids is 3.